The highest BCUT2D eigenvalue weighted by Gasteiger charge is 2.46. The average Bonchev–Trinajstić information content (AvgIpc) is 3.93. The predicted molar refractivity (Wildman–Crippen MR) is 285 cm³/mol. The van der Waals surface area contributed by atoms with Crippen LogP contribution in [0.15, 0.2) is 261 Å². The van der Waals surface area contributed by atoms with Gasteiger partial charge in [0.2, 0.25) is 0 Å². The highest BCUT2D eigenvalue weighted by atomic mass is 32.1. The molecule has 1 heterocycles. The van der Waals surface area contributed by atoms with E-state index in [1.54, 1.807) is 0 Å². The summed E-state index contributed by atoms with van der Waals surface area (Å²) in [6, 6.07) is 96.3. The summed E-state index contributed by atoms with van der Waals surface area (Å²) in [5, 5.41) is 5.12. The summed E-state index contributed by atoms with van der Waals surface area (Å²) in [5.74, 6) is 0. The van der Waals surface area contributed by atoms with Crippen LogP contribution >= 0.6 is 11.3 Å². The smallest absolute Gasteiger partial charge is 0.0714 e. The van der Waals surface area contributed by atoms with Crippen LogP contribution in [-0.2, 0) is 5.41 Å². The average molecular weight is 870 g/mol. The van der Waals surface area contributed by atoms with Gasteiger partial charge in [0, 0.05) is 42.7 Å². The van der Waals surface area contributed by atoms with Crippen LogP contribution in [0.2, 0.25) is 0 Å². The number of rotatable bonds is 8. The van der Waals surface area contributed by atoms with Crippen molar-refractivity contribution in [1.29, 1.82) is 0 Å². The Morgan fingerprint density at radius 2 is 0.836 bits per heavy atom. The maximum Gasteiger partial charge on any atom is 0.0714 e. The molecular weight excluding hydrogens is 827 g/mol. The van der Waals surface area contributed by atoms with E-state index in [0.29, 0.717) is 0 Å². The first-order chi connectivity index (χ1) is 33.2. The fourth-order valence-electron chi connectivity index (χ4n) is 11.0. The lowest BCUT2D eigenvalue weighted by atomic mass is 9.67. The van der Waals surface area contributed by atoms with Gasteiger partial charge in [0.1, 0.15) is 0 Å². The van der Waals surface area contributed by atoms with E-state index in [9.17, 15) is 0 Å². The Morgan fingerprint density at radius 1 is 0.313 bits per heavy atom. The molecule has 67 heavy (non-hydrogen) atoms. The zero-order chi connectivity index (χ0) is 44.3. The second-order valence-electron chi connectivity index (χ2n) is 17.5. The van der Waals surface area contributed by atoms with Crippen molar-refractivity contribution in [3.8, 4) is 44.5 Å². The highest BCUT2D eigenvalue weighted by Crippen LogP contribution is 2.57. The van der Waals surface area contributed by atoms with Gasteiger partial charge >= 0.3 is 0 Å². The van der Waals surface area contributed by atoms with E-state index in [1.165, 1.54) is 97.7 Å². The van der Waals surface area contributed by atoms with Crippen molar-refractivity contribution < 1.29 is 0 Å². The molecule has 0 unspecified atom stereocenters. The molecule has 2 heteroatoms. The molecule has 0 saturated heterocycles. The molecule has 0 fully saturated rings. The summed E-state index contributed by atoms with van der Waals surface area (Å²) in [5.41, 5.74) is 17.7. The number of thiophene rings is 1. The minimum atomic E-state index is -0.527. The number of anilines is 3. The van der Waals surface area contributed by atoms with Crippen LogP contribution in [0.5, 0.6) is 0 Å². The molecule has 1 aliphatic rings. The molecule has 0 spiro atoms. The fourth-order valence-corrected chi connectivity index (χ4v) is 12.2. The first kappa shape index (κ1) is 39.1. The predicted octanol–water partition coefficient (Wildman–Crippen LogP) is 18.0. The SMILES string of the molecule is c1ccc(C2(c3ccccc3)c3ccccc3-c3ccc(N(c4ccc(-c5ccc(-c6cccc7ccccc67)cc5)cc4)c4ccccc4-c4cccc5c4sc4ccccc45)cc32)cc1. The highest BCUT2D eigenvalue weighted by molar-refractivity contribution is 7.26. The van der Waals surface area contributed by atoms with Crippen molar-refractivity contribution in [3.05, 3.63) is 283 Å². The van der Waals surface area contributed by atoms with Crippen LogP contribution in [0.1, 0.15) is 22.3 Å². The first-order valence-electron chi connectivity index (χ1n) is 23.1. The molecule has 1 aliphatic carbocycles. The van der Waals surface area contributed by atoms with Gasteiger partial charge in [-0.15, -0.1) is 11.3 Å². The van der Waals surface area contributed by atoms with Gasteiger partial charge in [0.05, 0.1) is 11.1 Å². The van der Waals surface area contributed by atoms with E-state index >= 15 is 0 Å². The van der Waals surface area contributed by atoms with Crippen molar-refractivity contribution in [3.63, 3.8) is 0 Å². The number of benzene rings is 11. The summed E-state index contributed by atoms with van der Waals surface area (Å²) >= 11 is 1.88. The van der Waals surface area contributed by atoms with Crippen LogP contribution in [0.3, 0.4) is 0 Å². The van der Waals surface area contributed by atoms with Crippen LogP contribution in [0, 0.1) is 0 Å². The minimum absolute atomic E-state index is 0.527. The van der Waals surface area contributed by atoms with Crippen molar-refractivity contribution in [2.75, 3.05) is 4.90 Å². The van der Waals surface area contributed by atoms with E-state index in [2.05, 4.69) is 266 Å². The van der Waals surface area contributed by atoms with Crippen LogP contribution in [0.25, 0.3) is 75.5 Å². The van der Waals surface area contributed by atoms with Crippen molar-refractivity contribution in [2.45, 2.75) is 5.41 Å². The van der Waals surface area contributed by atoms with E-state index in [1.807, 2.05) is 11.3 Å². The maximum absolute atomic E-state index is 2.49. The van der Waals surface area contributed by atoms with Crippen molar-refractivity contribution in [2.24, 2.45) is 0 Å². The minimum Gasteiger partial charge on any atom is -0.310 e. The molecule has 0 bridgehead atoms. The fraction of sp³-hybridized carbons (Fsp3) is 0.0154. The molecular formula is C65H43NS. The Balaban J connectivity index is 0.999. The quantitative estimate of drug-likeness (QED) is 0.147. The zero-order valence-corrected chi connectivity index (χ0v) is 37.5. The molecule has 11 aromatic carbocycles. The third-order valence-corrected chi connectivity index (χ3v) is 15.2. The molecule has 1 nitrogen and oxygen atoms in total. The molecule has 13 rings (SSSR count). The van der Waals surface area contributed by atoms with Crippen molar-refractivity contribution in [1.82, 2.24) is 0 Å². The Bertz CT molecular complexity index is 3750. The van der Waals surface area contributed by atoms with Gasteiger partial charge in [-0.1, -0.05) is 224 Å². The van der Waals surface area contributed by atoms with E-state index in [0.717, 1.165) is 17.1 Å². The van der Waals surface area contributed by atoms with Crippen molar-refractivity contribution >= 4 is 59.3 Å². The van der Waals surface area contributed by atoms with Gasteiger partial charge in [-0.2, -0.15) is 0 Å². The molecule has 0 atom stereocenters. The first-order valence-corrected chi connectivity index (χ1v) is 23.9. The standard InChI is InChI=1S/C65H43NS/c1-3-19-48(20-4-1)65(49-21-5-2-6-22-49)60-30-12-9-24-54(60)55-42-41-51(43-61(55)65)66(62-31-13-10-25-56(62)58-28-16-29-59-57-26-11-14-32-63(57)67-64(58)59)50-39-37-45(38-40-50)44-33-35-47(36-34-44)53-27-15-18-46-17-7-8-23-52(46)53/h1-43H. The third kappa shape index (κ3) is 6.29. The zero-order valence-electron chi connectivity index (χ0n) is 36.7. The van der Waals surface area contributed by atoms with E-state index < -0.39 is 5.41 Å². The number of hydrogen-bond donors (Lipinski definition) is 0. The second kappa shape index (κ2) is 16.0. The number of fused-ring (bicyclic) bond motifs is 7. The topological polar surface area (TPSA) is 3.24 Å². The largest absolute Gasteiger partial charge is 0.310 e. The third-order valence-electron chi connectivity index (χ3n) is 14.0. The Hall–Kier alpha value is -8.30. The summed E-state index contributed by atoms with van der Waals surface area (Å²) in [7, 11) is 0. The lowest BCUT2D eigenvalue weighted by molar-refractivity contribution is 0.768. The maximum atomic E-state index is 2.49. The number of nitrogens with zero attached hydrogens (tertiary/aromatic N) is 1. The van der Waals surface area contributed by atoms with E-state index in [-0.39, 0.29) is 0 Å². The molecule has 0 amide bonds. The van der Waals surface area contributed by atoms with Crippen LogP contribution in [-0.4, -0.2) is 0 Å². The molecule has 314 valence electrons. The molecule has 12 aromatic rings. The summed E-state index contributed by atoms with van der Waals surface area (Å²) < 4.78 is 2.60. The lowest BCUT2D eigenvalue weighted by Gasteiger charge is -2.35. The number of hydrogen-bond acceptors (Lipinski definition) is 2. The summed E-state index contributed by atoms with van der Waals surface area (Å²) in [4.78, 5) is 2.49. The molecule has 0 aliphatic heterocycles. The van der Waals surface area contributed by atoms with Crippen LogP contribution < -0.4 is 4.90 Å². The summed E-state index contributed by atoms with van der Waals surface area (Å²) in [6.45, 7) is 0. The lowest BCUT2D eigenvalue weighted by Crippen LogP contribution is -2.28. The normalized spacial score (nSPS) is 12.6. The number of para-hydroxylation sites is 1. The Kier molecular flexibility index (Phi) is 9.33. The van der Waals surface area contributed by atoms with E-state index in [4.69, 9.17) is 0 Å². The molecule has 1 aromatic heterocycles. The second-order valence-corrected chi connectivity index (χ2v) is 18.6. The van der Waals surface area contributed by atoms with Gasteiger partial charge < -0.3 is 4.90 Å². The van der Waals surface area contributed by atoms with Gasteiger partial charge in [0.25, 0.3) is 0 Å². The summed E-state index contributed by atoms with van der Waals surface area (Å²) in [6.07, 6.45) is 0. The van der Waals surface area contributed by atoms with Gasteiger partial charge in [0.15, 0.2) is 0 Å². The Morgan fingerprint density at radius 3 is 1.61 bits per heavy atom. The van der Waals surface area contributed by atoms with Gasteiger partial charge in [-0.05, 0) is 103 Å². The van der Waals surface area contributed by atoms with Gasteiger partial charge in [-0.25, -0.2) is 0 Å². The molecule has 0 saturated carbocycles. The molecule has 0 N–H and O–H groups in total. The monoisotopic (exact) mass is 869 g/mol. The molecule has 0 radical (unpaired) electrons. The Labute approximate surface area is 395 Å². The van der Waals surface area contributed by atoms with Gasteiger partial charge in [-0.3, -0.25) is 0 Å². The van der Waals surface area contributed by atoms with Crippen LogP contribution in [0.4, 0.5) is 17.1 Å².